The van der Waals surface area contributed by atoms with Crippen LogP contribution in [0.1, 0.15) is 10.4 Å². The summed E-state index contributed by atoms with van der Waals surface area (Å²) in [6, 6.07) is 12.7. The summed E-state index contributed by atoms with van der Waals surface area (Å²) in [5, 5.41) is 4.21. The lowest BCUT2D eigenvalue weighted by atomic mass is 10.2. The fraction of sp³-hybridized carbons (Fsp3) is 0.353. The molecule has 6 heteroatoms. The van der Waals surface area contributed by atoms with Crippen molar-refractivity contribution in [2.75, 3.05) is 31.5 Å². The zero-order valence-electron chi connectivity index (χ0n) is 13.1. The number of quaternary nitrogens is 1. The van der Waals surface area contributed by atoms with E-state index in [1.54, 1.807) is 4.90 Å². The van der Waals surface area contributed by atoms with Gasteiger partial charge in [-0.25, -0.2) is 0 Å². The van der Waals surface area contributed by atoms with Crippen LogP contribution in [-0.2, 0) is 6.54 Å². The Morgan fingerprint density at radius 3 is 2.74 bits per heavy atom. The van der Waals surface area contributed by atoms with Gasteiger partial charge in [0.05, 0.1) is 34.8 Å². The average Bonchev–Trinajstić information content (AvgIpc) is 2.93. The molecule has 2 N–H and O–H groups in total. The molecule has 1 aromatic carbocycles. The summed E-state index contributed by atoms with van der Waals surface area (Å²) >= 11 is 10.9. The van der Waals surface area contributed by atoms with Gasteiger partial charge in [0.1, 0.15) is 6.54 Å². The van der Waals surface area contributed by atoms with Crippen LogP contribution in [0, 0.1) is 6.92 Å². The lowest BCUT2D eigenvalue weighted by Crippen LogP contribution is -3.13. The third-order valence-electron chi connectivity index (χ3n) is 4.08. The van der Waals surface area contributed by atoms with Crippen molar-refractivity contribution in [1.82, 2.24) is 4.90 Å². The molecule has 122 valence electrons. The van der Waals surface area contributed by atoms with Gasteiger partial charge < -0.3 is 15.1 Å². The topological polar surface area (TPSA) is 19.7 Å². The molecule has 1 aliphatic rings. The predicted octanol–water partition coefficient (Wildman–Crippen LogP) is 2.92. The maximum Gasteiger partial charge on any atom is 0.173 e. The van der Waals surface area contributed by atoms with Crippen LogP contribution >= 0.6 is 39.5 Å². The first-order chi connectivity index (χ1) is 11.1. The molecule has 0 bridgehead atoms. The summed E-state index contributed by atoms with van der Waals surface area (Å²) in [6.45, 7) is 7.50. The van der Waals surface area contributed by atoms with Crippen LogP contribution < -0.4 is 10.2 Å². The van der Waals surface area contributed by atoms with Gasteiger partial charge in [-0.1, -0.05) is 12.1 Å². The second kappa shape index (κ2) is 7.75. The van der Waals surface area contributed by atoms with E-state index in [2.05, 4.69) is 69.5 Å². The van der Waals surface area contributed by atoms with Crippen molar-refractivity contribution < 1.29 is 4.90 Å². The van der Waals surface area contributed by atoms with E-state index in [9.17, 15) is 0 Å². The number of benzene rings is 1. The van der Waals surface area contributed by atoms with Crippen LogP contribution in [0.4, 0.5) is 5.69 Å². The van der Waals surface area contributed by atoms with Crippen molar-refractivity contribution in [3.8, 4) is 0 Å². The standard InChI is InChI=1S/C17H20BrN3S2/c1-13-3-2-4-14(11-13)19-17(22)21-9-7-20(8-10-21)12-15-5-6-16(18)23-15/h2-6,11H,7-10,12H2,1H3,(H,19,22)/p+1. The first-order valence-electron chi connectivity index (χ1n) is 7.80. The number of thiophene rings is 1. The zero-order valence-corrected chi connectivity index (χ0v) is 16.4. The highest BCUT2D eigenvalue weighted by atomic mass is 79.9. The highest BCUT2D eigenvalue weighted by Gasteiger charge is 2.22. The quantitative estimate of drug-likeness (QED) is 0.758. The van der Waals surface area contributed by atoms with Crippen LogP contribution in [0.15, 0.2) is 40.2 Å². The van der Waals surface area contributed by atoms with Gasteiger partial charge in [0.2, 0.25) is 0 Å². The van der Waals surface area contributed by atoms with E-state index in [1.165, 1.54) is 14.2 Å². The third kappa shape index (κ3) is 4.76. The Morgan fingerprint density at radius 2 is 2.09 bits per heavy atom. The van der Waals surface area contributed by atoms with Gasteiger partial charge in [0, 0.05) is 5.69 Å². The van der Waals surface area contributed by atoms with Crippen LogP contribution in [-0.4, -0.2) is 36.2 Å². The number of aryl methyl sites for hydroxylation is 1. The minimum absolute atomic E-state index is 0.841. The minimum Gasteiger partial charge on any atom is -0.338 e. The molecule has 1 fully saturated rings. The molecule has 1 saturated heterocycles. The SMILES string of the molecule is Cc1cccc(NC(=S)N2CC[NH+](Cc3ccc(Br)s3)CC2)c1. The normalized spacial score (nSPS) is 15.7. The molecule has 0 atom stereocenters. The van der Waals surface area contributed by atoms with E-state index in [-0.39, 0.29) is 0 Å². The van der Waals surface area contributed by atoms with E-state index >= 15 is 0 Å². The first-order valence-corrected chi connectivity index (χ1v) is 9.82. The fourth-order valence-corrected chi connectivity index (χ4v) is 4.68. The summed E-state index contributed by atoms with van der Waals surface area (Å²) in [5.41, 5.74) is 2.32. The molecule has 0 aliphatic carbocycles. The van der Waals surface area contributed by atoms with Gasteiger partial charge in [-0.15, -0.1) is 11.3 Å². The Hall–Kier alpha value is -0.950. The number of piperazine rings is 1. The molecule has 3 nitrogen and oxygen atoms in total. The van der Waals surface area contributed by atoms with Gasteiger partial charge in [0.25, 0.3) is 0 Å². The molecule has 0 saturated carbocycles. The molecule has 1 aromatic heterocycles. The second-order valence-electron chi connectivity index (χ2n) is 5.92. The van der Waals surface area contributed by atoms with Crippen molar-refractivity contribution in [3.05, 3.63) is 50.6 Å². The second-order valence-corrected chi connectivity index (χ2v) is 8.85. The molecule has 2 aromatic rings. The largest absolute Gasteiger partial charge is 0.338 e. The Labute approximate surface area is 155 Å². The number of anilines is 1. The molecule has 1 aliphatic heterocycles. The number of hydrogen-bond acceptors (Lipinski definition) is 2. The van der Waals surface area contributed by atoms with Crippen molar-refractivity contribution in [2.45, 2.75) is 13.5 Å². The van der Waals surface area contributed by atoms with E-state index in [0.29, 0.717) is 0 Å². The number of hydrogen-bond donors (Lipinski definition) is 2. The van der Waals surface area contributed by atoms with E-state index in [4.69, 9.17) is 12.2 Å². The Kier molecular flexibility index (Phi) is 5.69. The summed E-state index contributed by atoms with van der Waals surface area (Å²) in [7, 11) is 0. The maximum absolute atomic E-state index is 5.57. The van der Waals surface area contributed by atoms with Gasteiger partial charge >= 0.3 is 0 Å². The lowest BCUT2D eigenvalue weighted by molar-refractivity contribution is -0.917. The average molecular weight is 411 g/mol. The molecular weight excluding hydrogens is 390 g/mol. The Morgan fingerprint density at radius 1 is 1.30 bits per heavy atom. The summed E-state index contributed by atoms with van der Waals surface area (Å²) in [6.07, 6.45) is 0. The minimum atomic E-state index is 0.841. The van der Waals surface area contributed by atoms with E-state index < -0.39 is 0 Å². The fourth-order valence-electron chi connectivity index (χ4n) is 2.82. The van der Waals surface area contributed by atoms with Crippen molar-refractivity contribution >= 4 is 50.3 Å². The number of thiocarbonyl (C=S) groups is 1. The third-order valence-corrected chi connectivity index (χ3v) is 6.06. The smallest absolute Gasteiger partial charge is 0.173 e. The molecule has 0 radical (unpaired) electrons. The lowest BCUT2D eigenvalue weighted by Gasteiger charge is -2.33. The van der Waals surface area contributed by atoms with Crippen molar-refractivity contribution in [3.63, 3.8) is 0 Å². The molecular formula is C17H21BrN3S2+. The Balaban J connectivity index is 1.49. The first kappa shape index (κ1) is 16.9. The summed E-state index contributed by atoms with van der Waals surface area (Å²) in [4.78, 5) is 5.36. The van der Waals surface area contributed by atoms with Gasteiger partial charge in [-0.3, -0.25) is 0 Å². The van der Waals surface area contributed by atoms with Crippen LogP contribution in [0.3, 0.4) is 0 Å². The molecule has 0 unspecified atom stereocenters. The van der Waals surface area contributed by atoms with Crippen LogP contribution in [0.2, 0.25) is 0 Å². The summed E-state index contributed by atoms with van der Waals surface area (Å²) < 4.78 is 1.22. The molecule has 23 heavy (non-hydrogen) atoms. The number of nitrogens with zero attached hydrogens (tertiary/aromatic N) is 1. The van der Waals surface area contributed by atoms with Gasteiger partial charge in [0.15, 0.2) is 5.11 Å². The van der Waals surface area contributed by atoms with Crippen LogP contribution in [0.25, 0.3) is 0 Å². The highest BCUT2D eigenvalue weighted by molar-refractivity contribution is 9.11. The molecule has 0 spiro atoms. The monoisotopic (exact) mass is 410 g/mol. The van der Waals surface area contributed by atoms with E-state index in [0.717, 1.165) is 43.5 Å². The molecule has 2 heterocycles. The van der Waals surface area contributed by atoms with Gasteiger partial charge in [-0.2, -0.15) is 0 Å². The Bertz CT molecular complexity index is 678. The highest BCUT2D eigenvalue weighted by Crippen LogP contribution is 2.21. The number of rotatable bonds is 3. The van der Waals surface area contributed by atoms with Crippen LogP contribution in [0.5, 0.6) is 0 Å². The predicted molar refractivity (Wildman–Crippen MR) is 105 cm³/mol. The number of halogens is 1. The maximum atomic E-state index is 5.57. The molecule has 0 amide bonds. The van der Waals surface area contributed by atoms with Gasteiger partial charge in [-0.05, 0) is 64.9 Å². The summed E-state index contributed by atoms with van der Waals surface area (Å²) in [5.74, 6) is 0. The zero-order chi connectivity index (χ0) is 16.2. The molecule has 3 rings (SSSR count). The van der Waals surface area contributed by atoms with Crippen molar-refractivity contribution in [1.29, 1.82) is 0 Å². The number of nitrogens with one attached hydrogen (secondary N) is 2. The van der Waals surface area contributed by atoms with Crippen molar-refractivity contribution in [2.24, 2.45) is 0 Å². The van der Waals surface area contributed by atoms with E-state index in [1.807, 2.05) is 11.3 Å².